The minimum absolute atomic E-state index is 0.107. The number of hydrogen-bond acceptors (Lipinski definition) is 3. The zero-order valence-corrected chi connectivity index (χ0v) is 9.77. The molecule has 92 valence electrons. The van der Waals surface area contributed by atoms with Crippen LogP contribution in [0.1, 0.15) is 23.7 Å². The second-order valence-electron chi connectivity index (χ2n) is 4.57. The molecule has 0 radical (unpaired) electrons. The van der Waals surface area contributed by atoms with Crippen molar-refractivity contribution in [2.75, 3.05) is 18.0 Å². The number of halogens is 1. The van der Waals surface area contributed by atoms with Crippen molar-refractivity contribution in [3.8, 4) is 0 Å². The van der Waals surface area contributed by atoms with Gasteiger partial charge in [-0.15, -0.1) is 0 Å². The van der Waals surface area contributed by atoms with Crippen LogP contribution in [0.15, 0.2) is 18.2 Å². The second kappa shape index (κ2) is 4.84. The Morgan fingerprint density at radius 2 is 2.29 bits per heavy atom. The van der Waals surface area contributed by atoms with Crippen LogP contribution in [0, 0.1) is 11.7 Å². The van der Waals surface area contributed by atoms with Crippen LogP contribution in [0.5, 0.6) is 0 Å². The summed E-state index contributed by atoms with van der Waals surface area (Å²) in [5, 5.41) is 9.65. The highest BCUT2D eigenvalue weighted by molar-refractivity contribution is 5.85. The van der Waals surface area contributed by atoms with Crippen molar-refractivity contribution in [1.29, 1.82) is 0 Å². The summed E-state index contributed by atoms with van der Waals surface area (Å²) in [5.74, 6) is -0.359. The number of rotatable bonds is 2. The maximum absolute atomic E-state index is 13.5. The number of aldehydes is 1. The third kappa shape index (κ3) is 2.31. The van der Waals surface area contributed by atoms with Crippen molar-refractivity contribution in [2.45, 2.75) is 19.4 Å². The SMILES string of the molecule is CC1CN(c2cccc(F)c2C=O)CCC1O. The molecule has 0 aliphatic carbocycles. The van der Waals surface area contributed by atoms with E-state index >= 15 is 0 Å². The summed E-state index contributed by atoms with van der Waals surface area (Å²) >= 11 is 0. The van der Waals surface area contributed by atoms with Crippen molar-refractivity contribution in [2.24, 2.45) is 5.92 Å². The fraction of sp³-hybridized carbons (Fsp3) is 0.462. The van der Waals surface area contributed by atoms with Crippen LogP contribution in [0.25, 0.3) is 0 Å². The molecular weight excluding hydrogens is 221 g/mol. The molecule has 2 rings (SSSR count). The summed E-state index contributed by atoms with van der Waals surface area (Å²) in [6, 6.07) is 4.64. The Morgan fingerprint density at radius 3 is 2.94 bits per heavy atom. The minimum atomic E-state index is -0.490. The van der Waals surface area contributed by atoms with E-state index in [0.717, 1.165) is 0 Å². The molecule has 0 amide bonds. The first-order valence-corrected chi connectivity index (χ1v) is 5.80. The largest absolute Gasteiger partial charge is 0.393 e. The first-order chi connectivity index (χ1) is 8.13. The molecule has 1 aliphatic rings. The molecule has 2 atom stereocenters. The number of piperidine rings is 1. The van der Waals surface area contributed by atoms with E-state index in [1.807, 2.05) is 11.8 Å². The first kappa shape index (κ1) is 12.0. The third-order valence-corrected chi connectivity index (χ3v) is 3.35. The number of aliphatic hydroxyl groups is 1. The Hall–Kier alpha value is -1.42. The summed E-state index contributed by atoms with van der Waals surface area (Å²) in [5.41, 5.74) is 0.731. The molecule has 0 spiro atoms. The Morgan fingerprint density at radius 1 is 1.53 bits per heavy atom. The molecule has 1 heterocycles. The van der Waals surface area contributed by atoms with Crippen LogP contribution in [0.2, 0.25) is 0 Å². The summed E-state index contributed by atoms with van der Waals surface area (Å²) < 4.78 is 13.5. The lowest BCUT2D eigenvalue weighted by Gasteiger charge is -2.36. The van der Waals surface area contributed by atoms with E-state index in [1.54, 1.807) is 12.1 Å². The van der Waals surface area contributed by atoms with Gasteiger partial charge in [0.25, 0.3) is 0 Å². The smallest absolute Gasteiger partial charge is 0.155 e. The van der Waals surface area contributed by atoms with E-state index in [2.05, 4.69) is 0 Å². The number of hydrogen-bond donors (Lipinski definition) is 1. The van der Waals surface area contributed by atoms with E-state index < -0.39 is 5.82 Å². The second-order valence-corrected chi connectivity index (χ2v) is 4.57. The number of nitrogens with zero attached hydrogens (tertiary/aromatic N) is 1. The topological polar surface area (TPSA) is 40.5 Å². The van der Waals surface area contributed by atoms with E-state index in [9.17, 15) is 14.3 Å². The number of anilines is 1. The zero-order valence-electron chi connectivity index (χ0n) is 9.77. The van der Waals surface area contributed by atoms with Gasteiger partial charge >= 0.3 is 0 Å². The van der Waals surface area contributed by atoms with E-state index in [0.29, 0.717) is 31.5 Å². The molecule has 2 unspecified atom stereocenters. The Bertz CT molecular complexity index is 422. The number of carbonyl (C=O) groups excluding carboxylic acids is 1. The maximum atomic E-state index is 13.5. The van der Waals surface area contributed by atoms with Gasteiger partial charge in [-0.25, -0.2) is 4.39 Å². The maximum Gasteiger partial charge on any atom is 0.155 e. The van der Waals surface area contributed by atoms with Gasteiger partial charge in [0.15, 0.2) is 6.29 Å². The molecule has 3 nitrogen and oxygen atoms in total. The summed E-state index contributed by atoms with van der Waals surface area (Å²) in [4.78, 5) is 12.9. The molecule has 1 fully saturated rings. The highest BCUT2D eigenvalue weighted by Crippen LogP contribution is 2.27. The third-order valence-electron chi connectivity index (χ3n) is 3.35. The van der Waals surface area contributed by atoms with Crippen LogP contribution in [0.3, 0.4) is 0 Å². The van der Waals surface area contributed by atoms with Crippen molar-refractivity contribution in [1.82, 2.24) is 0 Å². The van der Waals surface area contributed by atoms with Gasteiger partial charge in [-0.2, -0.15) is 0 Å². The van der Waals surface area contributed by atoms with Crippen LogP contribution < -0.4 is 4.90 Å². The van der Waals surface area contributed by atoms with E-state index in [4.69, 9.17) is 0 Å². The quantitative estimate of drug-likeness (QED) is 0.798. The lowest BCUT2D eigenvalue weighted by atomic mass is 9.95. The average molecular weight is 237 g/mol. The predicted molar refractivity (Wildman–Crippen MR) is 63.8 cm³/mol. The van der Waals surface area contributed by atoms with Gasteiger partial charge in [-0.05, 0) is 24.5 Å². The molecule has 0 bridgehead atoms. The van der Waals surface area contributed by atoms with Crippen molar-refractivity contribution in [3.05, 3.63) is 29.6 Å². The van der Waals surface area contributed by atoms with Gasteiger partial charge in [-0.1, -0.05) is 13.0 Å². The highest BCUT2D eigenvalue weighted by atomic mass is 19.1. The molecule has 0 aromatic heterocycles. The Kier molecular flexibility index (Phi) is 3.43. The summed E-state index contributed by atoms with van der Waals surface area (Å²) in [6.45, 7) is 3.25. The van der Waals surface area contributed by atoms with E-state index in [-0.39, 0.29) is 17.6 Å². The lowest BCUT2D eigenvalue weighted by Crippen LogP contribution is -2.42. The summed E-state index contributed by atoms with van der Waals surface area (Å²) in [7, 11) is 0. The van der Waals surface area contributed by atoms with Crippen LogP contribution in [-0.4, -0.2) is 30.6 Å². The highest BCUT2D eigenvalue weighted by Gasteiger charge is 2.26. The lowest BCUT2D eigenvalue weighted by molar-refractivity contribution is 0.0970. The zero-order chi connectivity index (χ0) is 12.4. The number of carbonyl (C=O) groups is 1. The minimum Gasteiger partial charge on any atom is -0.393 e. The van der Waals surface area contributed by atoms with Crippen LogP contribution in [-0.2, 0) is 0 Å². The van der Waals surface area contributed by atoms with Gasteiger partial charge in [0, 0.05) is 13.1 Å². The standard InChI is InChI=1S/C13H16FNO2/c1-9-7-15(6-5-13(9)17)12-4-2-3-11(14)10(12)8-16/h2-4,8-9,13,17H,5-7H2,1H3. The average Bonchev–Trinajstić information content (AvgIpc) is 2.32. The van der Waals surface area contributed by atoms with Crippen molar-refractivity contribution in [3.63, 3.8) is 0 Å². The molecule has 1 saturated heterocycles. The molecule has 1 aromatic carbocycles. The molecule has 1 N–H and O–H groups in total. The van der Waals surface area contributed by atoms with Gasteiger partial charge < -0.3 is 10.0 Å². The number of benzene rings is 1. The summed E-state index contributed by atoms with van der Waals surface area (Å²) in [6.07, 6.45) is 0.899. The molecule has 4 heteroatoms. The van der Waals surface area contributed by atoms with Gasteiger partial charge in [0.1, 0.15) is 5.82 Å². The number of aliphatic hydroxyl groups excluding tert-OH is 1. The Balaban J connectivity index is 2.28. The Labute approximate surface area is 99.9 Å². The van der Waals surface area contributed by atoms with Crippen LogP contribution in [0.4, 0.5) is 10.1 Å². The fourth-order valence-corrected chi connectivity index (χ4v) is 2.27. The van der Waals surface area contributed by atoms with Crippen molar-refractivity contribution >= 4 is 12.0 Å². The fourth-order valence-electron chi connectivity index (χ4n) is 2.27. The molecule has 1 aromatic rings. The van der Waals surface area contributed by atoms with Crippen LogP contribution >= 0.6 is 0 Å². The molecule has 17 heavy (non-hydrogen) atoms. The van der Waals surface area contributed by atoms with Gasteiger partial charge in [-0.3, -0.25) is 4.79 Å². The molecule has 0 saturated carbocycles. The van der Waals surface area contributed by atoms with Gasteiger partial charge in [0.2, 0.25) is 0 Å². The van der Waals surface area contributed by atoms with E-state index in [1.165, 1.54) is 6.07 Å². The predicted octanol–water partition coefficient (Wildman–Crippen LogP) is 1.85. The monoisotopic (exact) mass is 237 g/mol. The van der Waals surface area contributed by atoms with Crippen molar-refractivity contribution < 1.29 is 14.3 Å². The molecular formula is C13H16FNO2. The normalized spacial score (nSPS) is 24.8. The molecule has 1 aliphatic heterocycles. The first-order valence-electron chi connectivity index (χ1n) is 5.80. The van der Waals surface area contributed by atoms with Gasteiger partial charge in [0.05, 0.1) is 17.4 Å².